The van der Waals surface area contributed by atoms with Crippen molar-refractivity contribution in [1.82, 2.24) is 4.57 Å². The Morgan fingerprint density at radius 3 is 2.81 bits per heavy atom. The number of hydrogen-bond acceptors (Lipinski definition) is 2. The molecule has 0 saturated heterocycles. The number of nitrogens with zero attached hydrogens (tertiary/aromatic N) is 1. The number of hydrogen-bond donors (Lipinski definition) is 1. The molecule has 0 fully saturated rings. The van der Waals surface area contributed by atoms with Gasteiger partial charge in [0.15, 0.2) is 0 Å². The molecular formula is C23H25NO2S. The lowest BCUT2D eigenvalue weighted by molar-refractivity contribution is -0.137. The van der Waals surface area contributed by atoms with Crippen molar-refractivity contribution in [1.29, 1.82) is 0 Å². The van der Waals surface area contributed by atoms with E-state index in [1.807, 2.05) is 23.3 Å². The molecule has 0 atom stereocenters. The molecule has 27 heavy (non-hydrogen) atoms. The van der Waals surface area contributed by atoms with Crippen molar-refractivity contribution >= 4 is 28.6 Å². The molecule has 0 aliphatic carbocycles. The Bertz CT molecular complexity index is 1020. The Kier molecular flexibility index (Phi) is 5.00. The molecule has 1 aliphatic rings. The first-order valence-electron chi connectivity index (χ1n) is 9.57. The maximum atomic E-state index is 11.4. The van der Waals surface area contributed by atoms with Gasteiger partial charge in [-0.1, -0.05) is 23.8 Å². The number of thioether (sulfide) groups is 1. The zero-order valence-electron chi connectivity index (χ0n) is 15.9. The summed E-state index contributed by atoms with van der Waals surface area (Å²) in [6, 6.07) is 13.2. The molecule has 1 N–H and O–H groups in total. The second kappa shape index (κ2) is 7.43. The topological polar surface area (TPSA) is 42.2 Å². The predicted molar refractivity (Wildman–Crippen MR) is 112 cm³/mol. The van der Waals surface area contributed by atoms with Crippen LogP contribution in [0.4, 0.5) is 0 Å². The highest BCUT2D eigenvalue weighted by molar-refractivity contribution is 7.99. The van der Waals surface area contributed by atoms with E-state index >= 15 is 0 Å². The summed E-state index contributed by atoms with van der Waals surface area (Å²) < 4.78 is 1.94. The van der Waals surface area contributed by atoms with Crippen LogP contribution in [0.2, 0.25) is 0 Å². The zero-order valence-corrected chi connectivity index (χ0v) is 16.7. The van der Waals surface area contributed by atoms with Crippen LogP contribution < -0.4 is 0 Å². The summed E-state index contributed by atoms with van der Waals surface area (Å²) in [7, 11) is 0. The van der Waals surface area contributed by atoms with Gasteiger partial charge in [-0.05, 0) is 80.2 Å². The molecule has 1 aliphatic heterocycles. The minimum atomic E-state index is -0.802. The van der Waals surface area contributed by atoms with Crippen molar-refractivity contribution in [2.45, 2.75) is 51.0 Å². The molecule has 4 heteroatoms. The van der Waals surface area contributed by atoms with Crippen LogP contribution in [0.15, 0.2) is 41.3 Å². The van der Waals surface area contributed by atoms with Gasteiger partial charge in [-0.2, -0.15) is 0 Å². The number of carbonyl (C=O) groups is 1. The van der Waals surface area contributed by atoms with Crippen molar-refractivity contribution in [3.8, 4) is 0 Å². The summed E-state index contributed by atoms with van der Waals surface area (Å²) in [5.74, 6) is 0.414. The molecule has 0 radical (unpaired) electrons. The van der Waals surface area contributed by atoms with Crippen molar-refractivity contribution in [3.05, 3.63) is 64.3 Å². The summed E-state index contributed by atoms with van der Waals surface area (Å²) in [5.41, 5.74) is 7.31. The Morgan fingerprint density at radius 1 is 1.15 bits per heavy atom. The van der Waals surface area contributed by atoms with Gasteiger partial charge in [0, 0.05) is 21.5 Å². The molecule has 0 spiro atoms. The number of carboxylic acids is 1. The number of rotatable bonds is 4. The van der Waals surface area contributed by atoms with E-state index in [0.717, 1.165) is 24.1 Å². The minimum Gasteiger partial charge on any atom is -0.480 e. The van der Waals surface area contributed by atoms with Crippen molar-refractivity contribution in [2.24, 2.45) is 0 Å². The molecular weight excluding hydrogens is 354 g/mol. The van der Waals surface area contributed by atoms with E-state index in [0.29, 0.717) is 0 Å². The third-order valence-corrected chi connectivity index (χ3v) is 6.71. The van der Waals surface area contributed by atoms with Crippen molar-refractivity contribution in [2.75, 3.05) is 5.75 Å². The second-order valence-corrected chi connectivity index (χ2v) is 8.63. The van der Waals surface area contributed by atoms with Crippen LogP contribution in [0.25, 0.3) is 10.9 Å². The van der Waals surface area contributed by atoms with Gasteiger partial charge >= 0.3 is 5.97 Å². The van der Waals surface area contributed by atoms with E-state index in [1.165, 1.54) is 51.1 Å². The molecule has 4 rings (SSSR count). The highest BCUT2D eigenvalue weighted by atomic mass is 32.2. The SMILES string of the molecule is Cc1ccc2c(c1)c(Cc1ccc3c(c1)CCCCS3)c(C)n2CC(=O)O. The first kappa shape index (κ1) is 18.2. The van der Waals surface area contributed by atoms with E-state index in [4.69, 9.17) is 0 Å². The molecule has 2 heterocycles. The van der Waals surface area contributed by atoms with E-state index in [1.54, 1.807) is 0 Å². The lowest BCUT2D eigenvalue weighted by Crippen LogP contribution is -2.10. The van der Waals surface area contributed by atoms with Gasteiger partial charge in [-0.15, -0.1) is 11.8 Å². The highest BCUT2D eigenvalue weighted by Crippen LogP contribution is 2.32. The highest BCUT2D eigenvalue weighted by Gasteiger charge is 2.17. The lowest BCUT2D eigenvalue weighted by Gasteiger charge is -2.09. The summed E-state index contributed by atoms with van der Waals surface area (Å²) >= 11 is 1.97. The predicted octanol–water partition coefficient (Wildman–Crippen LogP) is 5.36. The first-order chi connectivity index (χ1) is 13.0. The second-order valence-electron chi connectivity index (χ2n) is 7.49. The molecule has 1 aromatic heterocycles. The van der Waals surface area contributed by atoms with Crippen LogP contribution in [-0.4, -0.2) is 21.4 Å². The molecule has 3 aromatic rings. The lowest BCUT2D eigenvalue weighted by atomic mass is 9.98. The number of aliphatic carboxylic acids is 1. The molecule has 2 aromatic carbocycles. The van der Waals surface area contributed by atoms with Crippen LogP contribution in [0, 0.1) is 13.8 Å². The van der Waals surface area contributed by atoms with Gasteiger partial charge in [0.1, 0.15) is 6.54 Å². The molecule has 3 nitrogen and oxygen atoms in total. The van der Waals surface area contributed by atoms with E-state index in [2.05, 4.69) is 43.3 Å². The number of aryl methyl sites for hydroxylation is 2. The van der Waals surface area contributed by atoms with Crippen LogP contribution >= 0.6 is 11.8 Å². The van der Waals surface area contributed by atoms with Gasteiger partial charge < -0.3 is 9.67 Å². The van der Waals surface area contributed by atoms with Crippen LogP contribution in [-0.2, 0) is 24.2 Å². The number of aromatic nitrogens is 1. The fourth-order valence-electron chi connectivity index (χ4n) is 4.11. The molecule has 0 bridgehead atoms. The van der Waals surface area contributed by atoms with Gasteiger partial charge in [-0.25, -0.2) is 0 Å². The van der Waals surface area contributed by atoms with Crippen LogP contribution in [0.3, 0.4) is 0 Å². The molecule has 0 unspecified atom stereocenters. The summed E-state index contributed by atoms with van der Waals surface area (Å²) in [6.45, 7) is 4.14. The fraction of sp³-hybridized carbons (Fsp3) is 0.348. The Morgan fingerprint density at radius 2 is 2.00 bits per heavy atom. The maximum Gasteiger partial charge on any atom is 0.323 e. The Balaban J connectivity index is 1.77. The monoisotopic (exact) mass is 379 g/mol. The zero-order chi connectivity index (χ0) is 19.0. The van der Waals surface area contributed by atoms with Crippen LogP contribution in [0.5, 0.6) is 0 Å². The van der Waals surface area contributed by atoms with Crippen LogP contribution in [0.1, 0.15) is 40.8 Å². The average molecular weight is 380 g/mol. The number of fused-ring (bicyclic) bond motifs is 2. The first-order valence-corrected chi connectivity index (χ1v) is 10.6. The molecule has 140 valence electrons. The number of benzene rings is 2. The van der Waals surface area contributed by atoms with E-state index in [9.17, 15) is 9.90 Å². The normalized spacial score (nSPS) is 14.1. The van der Waals surface area contributed by atoms with Crippen molar-refractivity contribution in [3.63, 3.8) is 0 Å². The largest absolute Gasteiger partial charge is 0.480 e. The van der Waals surface area contributed by atoms with Gasteiger partial charge in [0.05, 0.1) is 0 Å². The van der Waals surface area contributed by atoms with Crippen molar-refractivity contribution < 1.29 is 9.90 Å². The van der Waals surface area contributed by atoms with Gasteiger partial charge in [0.2, 0.25) is 0 Å². The number of carboxylic acid groups (broad SMARTS) is 1. The Hall–Kier alpha value is -2.20. The van der Waals surface area contributed by atoms with Gasteiger partial charge in [-0.3, -0.25) is 4.79 Å². The minimum absolute atomic E-state index is 0.00617. The smallest absolute Gasteiger partial charge is 0.323 e. The third-order valence-electron chi connectivity index (χ3n) is 5.51. The molecule has 0 amide bonds. The molecule has 0 saturated carbocycles. The average Bonchev–Trinajstić information content (AvgIpc) is 2.80. The summed E-state index contributed by atoms with van der Waals surface area (Å²) in [4.78, 5) is 12.8. The van der Waals surface area contributed by atoms with E-state index < -0.39 is 5.97 Å². The van der Waals surface area contributed by atoms with Gasteiger partial charge in [0.25, 0.3) is 0 Å². The summed E-state index contributed by atoms with van der Waals surface area (Å²) in [6.07, 6.45) is 4.56. The third kappa shape index (κ3) is 3.63. The van der Waals surface area contributed by atoms with E-state index in [-0.39, 0.29) is 6.54 Å². The Labute approximate surface area is 164 Å². The fourth-order valence-corrected chi connectivity index (χ4v) is 5.19. The summed E-state index contributed by atoms with van der Waals surface area (Å²) in [5, 5.41) is 10.5. The quantitative estimate of drug-likeness (QED) is 0.663. The maximum absolute atomic E-state index is 11.4. The standard InChI is InChI=1S/C23H25NO2S/c1-15-6-8-21-20(11-15)19(16(2)24(21)14-23(25)26)13-17-7-9-22-18(12-17)5-3-4-10-27-22/h6-9,11-12H,3-5,10,13-14H2,1-2H3,(H,25,26).